The molecule has 45 heavy (non-hydrogen) atoms. The van der Waals surface area contributed by atoms with E-state index in [1.165, 1.54) is 22.7 Å². The molecule has 1 unspecified atom stereocenters. The minimum absolute atomic E-state index is 0.102. The number of sulfonamides is 1. The van der Waals surface area contributed by atoms with E-state index in [0.29, 0.717) is 21.6 Å². The van der Waals surface area contributed by atoms with Crippen LogP contribution in [0, 0.1) is 0 Å². The highest BCUT2D eigenvalue weighted by Crippen LogP contribution is 2.43. The van der Waals surface area contributed by atoms with Crippen LogP contribution in [-0.2, 0) is 43.7 Å². The van der Waals surface area contributed by atoms with Gasteiger partial charge in [-0.15, -0.1) is 20.4 Å². The van der Waals surface area contributed by atoms with Crippen LogP contribution >= 0.6 is 22.7 Å². The Hall–Kier alpha value is -3.84. The van der Waals surface area contributed by atoms with Crippen LogP contribution in [-0.4, -0.2) is 55.6 Å². The van der Waals surface area contributed by atoms with E-state index in [1.54, 1.807) is 48.5 Å². The minimum atomic E-state index is -3.38. The van der Waals surface area contributed by atoms with Crippen molar-refractivity contribution in [2.45, 2.75) is 50.4 Å². The Morgan fingerprint density at radius 1 is 0.822 bits per heavy atom. The second-order valence-electron chi connectivity index (χ2n) is 10.5. The summed E-state index contributed by atoms with van der Waals surface area (Å²) >= 11 is 0.281. The maximum absolute atomic E-state index is 12.6. The fourth-order valence-electron chi connectivity index (χ4n) is 4.93. The van der Waals surface area contributed by atoms with Crippen LogP contribution in [0.4, 0.5) is 21.6 Å². The predicted molar refractivity (Wildman–Crippen MR) is 172 cm³/mol. The molecule has 18 heteroatoms. The average Bonchev–Trinajstić information content (AvgIpc) is 3.64. The first kappa shape index (κ1) is 32.6. The van der Waals surface area contributed by atoms with Crippen LogP contribution in [0.5, 0.6) is 0 Å². The van der Waals surface area contributed by atoms with Gasteiger partial charge in [0.25, 0.3) is 0 Å². The molecule has 1 aliphatic rings. The third-order valence-corrected chi connectivity index (χ3v) is 9.90. The highest BCUT2D eigenvalue weighted by atomic mass is 32.2. The van der Waals surface area contributed by atoms with Crippen molar-refractivity contribution >= 4 is 77.4 Å². The van der Waals surface area contributed by atoms with Crippen molar-refractivity contribution in [3.8, 4) is 0 Å². The quantitative estimate of drug-likeness (QED) is 0.158. The number of benzene rings is 2. The Morgan fingerprint density at radius 3 is 1.73 bits per heavy atom. The summed E-state index contributed by atoms with van der Waals surface area (Å²) in [5.41, 5.74) is 2.28. The molecule has 5 rings (SSSR count). The smallest absolute Gasteiger partial charge is 0.230 e. The largest absolute Gasteiger partial charge is 0.755 e. The van der Waals surface area contributed by atoms with Crippen molar-refractivity contribution < 1.29 is 26.8 Å². The zero-order chi connectivity index (χ0) is 32.0. The summed E-state index contributed by atoms with van der Waals surface area (Å²) in [5, 5.41) is 25.1. The number of carbonyl (C=O) groups is 2. The summed E-state index contributed by atoms with van der Waals surface area (Å²) in [6, 6.07) is 13.1. The summed E-state index contributed by atoms with van der Waals surface area (Å²) in [6.07, 6.45) is 4.92. The van der Waals surface area contributed by atoms with E-state index in [1.807, 2.05) is 0 Å². The molecule has 1 aliphatic carbocycles. The van der Waals surface area contributed by atoms with Crippen molar-refractivity contribution in [1.29, 1.82) is 0 Å². The molecular weight excluding hydrogens is 661 g/mol. The van der Waals surface area contributed by atoms with E-state index < -0.39 is 21.3 Å². The monoisotopic (exact) mass is 689 g/mol. The Labute approximate surface area is 270 Å². The van der Waals surface area contributed by atoms with Crippen LogP contribution in [0.3, 0.4) is 0 Å². The summed E-state index contributed by atoms with van der Waals surface area (Å²) in [5.74, 6) is -0.199. The predicted octanol–water partition coefficient (Wildman–Crippen LogP) is 3.77. The van der Waals surface area contributed by atoms with Gasteiger partial charge in [-0.2, -0.15) is 0 Å². The maximum atomic E-state index is 12.6. The molecule has 0 bridgehead atoms. The van der Waals surface area contributed by atoms with Gasteiger partial charge in [0.15, 0.2) is 0 Å². The zero-order valence-corrected chi connectivity index (χ0v) is 27.2. The molecule has 2 aromatic carbocycles. The van der Waals surface area contributed by atoms with E-state index >= 15 is 0 Å². The van der Waals surface area contributed by atoms with Crippen molar-refractivity contribution in [3.63, 3.8) is 0 Å². The molecule has 0 spiro atoms. The van der Waals surface area contributed by atoms with E-state index in [9.17, 15) is 26.8 Å². The number of nitrogens with zero attached hydrogens (tertiary/aromatic N) is 4. The number of hydrogen-bond donors (Lipinski definition) is 4. The molecule has 238 valence electrons. The second-order valence-corrected chi connectivity index (χ2v) is 14.9. The number of carbonyl (C=O) groups excluding carboxylic acids is 2. The highest BCUT2D eigenvalue weighted by molar-refractivity contribution is 7.92. The number of rotatable bonds is 12. The van der Waals surface area contributed by atoms with E-state index in [2.05, 4.69) is 40.5 Å². The Morgan fingerprint density at radius 2 is 1.29 bits per heavy atom. The van der Waals surface area contributed by atoms with Gasteiger partial charge in [0.2, 0.25) is 32.1 Å². The van der Waals surface area contributed by atoms with Gasteiger partial charge in [0.1, 0.15) is 10.0 Å². The Kier molecular flexibility index (Phi) is 10.5. The highest BCUT2D eigenvalue weighted by Gasteiger charge is 2.29. The molecule has 3 atom stereocenters. The van der Waals surface area contributed by atoms with Crippen molar-refractivity contribution in [1.82, 2.24) is 20.4 Å². The Bertz CT molecular complexity index is 1780. The summed E-state index contributed by atoms with van der Waals surface area (Å²) in [6.45, 7) is 0. The van der Waals surface area contributed by atoms with E-state index in [-0.39, 0.29) is 36.5 Å². The van der Waals surface area contributed by atoms with Gasteiger partial charge in [0, 0.05) is 34.5 Å². The van der Waals surface area contributed by atoms with Gasteiger partial charge in [-0.05, 0) is 54.7 Å². The average molecular weight is 690 g/mol. The van der Waals surface area contributed by atoms with E-state index in [0.717, 1.165) is 53.1 Å². The number of aromatic nitrogens is 4. The number of amides is 2. The molecular formula is C27H29N8O6S4-. The molecule has 2 aromatic heterocycles. The van der Waals surface area contributed by atoms with E-state index in [4.69, 9.17) is 0 Å². The number of anilines is 4. The van der Waals surface area contributed by atoms with Crippen LogP contribution in [0.25, 0.3) is 0 Å². The molecule has 0 radical (unpaired) electrons. The van der Waals surface area contributed by atoms with Gasteiger partial charge in [0.05, 0.1) is 19.1 Å². The lowest BCUT2D eigenvalue weighted by Gasteiger charge is -2.25. The first-order valence-electron chi connectivity index (χ1n) is 13.8. The first-order chi connectivity index (χ1) is 21.5. The minimum Gasteiger partial charge on any atom is -0.755 e. The summed E-state index contributed by atoms with van der Waals surface area (Å²) < 4.78 is 48.9. The SMILES string of the molecule is CS(=O)(=O)Nc1ccc(CC(=O)Nc2nnc([C@H]3CCC[C@H](c4nnc(NC(=O)Cc5ccc(NS(=O)[O-])cc5)s4)C3)s2)cc1. The number of hydrogen-bond acceptors (Lipinski definition) is 12. The maximum Gasteiger partial charge on any atom is 0.230 e. The fourth-order valence-corrected chi connectivity index (χ4v) is 7.63. The molecule has 0 saturated heterocycles. The molecule has 1 saturated carbocycles. The molecule has 14 nitrogen and oxygen atoms in total. The van der Waals surface area contributed by atoms with Gasteiger partial charge in [-0.3, -0.25) is 18.5 Å². The lowest BCUT2D eigenvalue weighted by Crippen LogP contribution is -2.14. The molecule has 2 amide bonds. The van der Waals surface area contributed by atoms with Crippen molar-refractivity contribution in [2.75, 3.05) is 26.3 Å². The third-order valence-electron chi connectivity index (χ3n) is 6.89. The van der Waals surface area contributed by atoms with Crippen molar-refractivity contribution in [2.24, 2.45) is 0 Å². The summed E-state index contributed by atoms with van der Waals surface area (Å²) in [4.78, 5) is 25.2. The normalized spacial score (nSPS) is 17.3. The van der Waals surface area contributed by atoms with Crippen LogP contribution < -0.4 is 20.1 Å². The van der Waals surface area contributed by atoms with Crippen LogP contribution in [0.2, 0.25) is 0 Å². The lowest BCUT2D eigenvalue weighted by atomic mass is 9.82. The topological polar surface area (TPSA) is 208 Å². The Balaban J connectivity index is 1.11. The zero-order valence-electron chi connectivity index (χ0n) is 23.9. The lowest BCUT2D eigenvalue weighted by molar-refractivity contribution is -0.116. The third kappa shape index (κ3) is 9.82. The standard InChI is InChI=1S/C27H30N8O6S4/c1-45(40,41)35-21-11-7-17(8-12-21)14-23(37)29-27-33-31-25(43-27)19-4-2-3-18(15-19)24-30-32-26(42-24)28-22(36)13-16-5-9-20(10-6-16)34-44(38)39/h5-12,18-19,34-35H,2-4,13-15H2,1H3,(H,38,39)(H,28,32,36)(H,29,33,37)/p-1/t18-,19-/m0/s1. The molecule has 0 aliphatic heterocycles. The van der Waals surface area contributed by atoms with Crippen LogP contribution in [0.1, 0.15) is 58.7 Å². The van der Waals surface area contributed by atoms with Gasteiger partial charge < -0.3 is 19.9 Å². The van der Waals surface area contributed by atoms with Gasteiger partial charge >= 0.3 is 0 Å². The van der Waals surface area contributed by atoms with Crippen molar-refractivity contribution in [3.05, 3.63) is 69.7 Å². The molecule has 2 heterocycles. The molecule has 1 fully saturated rings. The fraction of sp³-hybridized carbons (Fsp3) is 0.333. The van der Waals surface area contributed by atoms with Gasteiger partial charge in [-0.25, -0.2) is 8.42 Å². The number of nitrogens with one attached hydrogen (secondary N) is 4. The second kappa shape index (κ2) is 14.5. The first-order valence-corrected chi connectivity index (χ1v) is 18.4. The molecule has 4 N–H and O–H groups in total. The van der Waals surface area contributed by atoms with Gasteiger partial charge in [-0.1, -0.05) is 53.4 Å². The summed E-state index contributed by atoms with van der Waals surface area (Å²) in [7, 11) is -3.38. The molecule has 4 aromatic rings. The van der Waals surface area contributed by atoms with Crippen LogP contribution in [0.15, 0.2) is 48.5 Å².